The molecule has 1 rings (SSSR count). The second kappa shape index (κ2) is 6.14. The monoisotopic (exact) mass is 285 g/mol. The summed E-state index contributed by atoms with van der Waals surface area (Å²) in [5.41, 5.74) is 8.92. The van der Waals surface area contributed by atoms with Crippen LogP contribution in [-0.2, 0) is 16.4 Å². The van der Waals surface area contributed by atoms with Gasteiger partial charge >= 0.3 is 0 Å². The van der Waals surface area contributed by atoms with Crippen LogP contribution in [0.25, 0.3) is 0 Å². The minimum Gasteiger partial charge on any atom is -0.397 e. The molecule has 0 aliphatic carbocycles. The Morgan fingerprint density at radius 2 is 1.79 bits per heavy atom. The van der Waals surface area contributed by atoms with E-state index in [4.69, 9.17) is 5.73 Å². The molecular weight excluding hydrogens is 262 g/mol. The molecule has 0 aliphatic heterocycles. The van der Waals surface area contributed by atoms with Crippen molar-refractivity contribution in [3.8, 4) is 0 Å². The fourth-order valence-electron chi connectivity index (χ4n) is 2.04. The van der Waals surface area contributed by atoms with Gasteiger partial charge in [0.25, 0.3) is 0 Å². The Kier molecular flexibility index (Phi) is 5.05. The number of anilines is 3. The maximum Gasteiger partial charge on any atom is 0.229 e. The molecule has 0 bridgehead atoms. The number of hydrogen-bond acceptors (Lipinski definition) is 4. The summed E-state index contributed by atoms with van der Waals surface area (Å²) < 4.78 is 25.3. The van der Waals surface area contributed by atoms with Gasteiger partial charge in [0.2, 0.25) is 10.0 Å². The molecule has 0 heterocycles. The molecule has 19 heavy (non-hydrogen) atoms. The van der Waals surface area contributed by atoms with Crippen LogP contribution in [0, 0.1) is 0 Å². The van der Waals surface area contributed by atoms with Crippen molar-refractivity contribution in [1.82, 2.24) is 0 Å². The summed E-state index contributed by atoms with van der Waals surface area (Å²) in [6.07, 6.45) is 1.89. The number of nitrogens with two attached hydrogens (primary N) is 1. The first-order valence-electron chi connectivity index (χ1n) is 6.47. The van der Waals surface area contributed by atoms with Crippen molar-refractivity contribution in [2.24, 2.45) is 0 Å². The summed E-state index contributed by atoms with van der Waals surface area (Å²) in [6.45, 7) is 7.86. The molecule has 3 N–H and O–H groups in total. The van der Waals surface area contributed by atoms with Crippen LogP contribution < -0.4 is 15.4 Å². The molecular formula is C13H23N3O2S. The van der Waals surface area contributed by atoms with Gasteiger partial charge in [0.05, 0.1) is 17.6 Å². The van der Waals surface area contributed by atoms with Crippen molar-refractivity contribution in [3.63, 3.8) is 0 Å². The number of nitrogens with one attached hydrogen (secondary N) is 1. The normalized spacial score (nSPS) is 11.4. The van der Waals surface area contributed by atoms with Crippen molar-refractivity contribution in [1.29, 1.82) is 0 Å². The van der Waals surface area contributed by atoms with Gasteiger partial charge in [0, 0.05) is 18.8 Å². The quantitative estimate of drug-likeness (QED) is 0.784. The third-order valence-electron chi connectivity index (χ3n) is 3.06. The highest BCUT2D eigenvalue weighted by Crippen LogP contribution is 2.31. The molecule has 0 saturated carbocycles. The Morgan fingerprint density at radius 3 is 2.21 bits per heavy atom. The molecule has 5 nitrogen and oxygen atoms in total. The number of hydrogen-bond donors (Lipinski definition) is 2. The van der Waals surface area contributed by atoms with Crippen LogP contribution >= 0.6 is 0 Å². The molecule has 0 atom stereocenters. The van der Waals surface area contributed by atoms with E-state index in [1.54, 1.807) is 6.07 Å². The third-order valence-corrected chi connectivity index (χ3v) is 3.65. The molecule has 0 aliphatic rings. The molecule has 0 saturated heterocycles. The van der Waals surface area contributed by atoms with E-state index in [0.717, 1.165) is 37.0 Å². The SMILES string of the molecule is CCc1cc(N(CC)CC)cc(NS(C)(=O)=O)c1N. The van der Waals surface area contributed by atoms with E-state index in [-0.39, 0.29) is 0 Å². The van der Waals surface area contributed by atoms with Crippen molar-refractivity contribution in [2.45, 2.75) is 27.2 Å². The predicted octanol–water partition coefficient (Wildman–Crippen LogP) is 2.05. The summed E-state index contributed by atoms with van der Waals surface area (Å²) in [6, 6.07) is 3.82. The van der Waals surface area contributed by atoms with Crippen LogP contribution in [0.4, 0.5) is 17.1 Å². The maximum atomic E-state index is 11.4. The Hall–Kier alpha value is -1.43. The molecule has 1 aromatic carbocycles. The third kappa shape index (κ3) is 4.02. The van der Waals surface area contributed by atoms with Crippen LogP contribution in [0.15, 0.2) is 12.1 Å². The van der Waals surface area contributed by atoms with E-state index >= 15 is 0 Å². The second-order valence-electron chi connectivity index (χ2n) is 4.47. The number of aryl methyl sites for hydroxylation is 1. The minimum absolute atomic E-state index is 0.462. The zero-order valence-electron chi connectivity index (χ0n) is 12.0. The Labute approximate surface area is 115 Å². The zero-order chi connectivity index (χ0) is 14.6. The van der Waals surface area contributed by atoms with Crippen LogP contribution in [0.5, 0.6) is 0 Å². The lowest BCUT2D eigenvalue weighted by Crippen LogP contribution is -2.22. The van der Waals surface area contributed by atoms with Crippen molar-refractivity contribution in [2.75, 3.05) is 34.7 Å². The van der Waals surface area contributed by atoms with Crippen molar-refractivity contribution in [3.05, 3.63) is 17.7 Å². The number of nitrogens with zero attached hydrogens (tertiary/aromatic N) is 1. The number of benzene rings is 1. The topological polar surface area (TPSA) is 75.4 Å². The smallest absolute Gasteiger partial charge is 0.229 e. The van der Waals surface area contributed by atoms with Crippen LogP contribution in [-0.4, -0.2) is 27.8 Å². The average molecular weight is 285 g/mol. The summed E-state index contributed by atoms with van der Waals surface area (Å²) in [5.74, 6) is 0. The van der Waals surface area contributed by atoms with Crippen LogP contribution in [0.3, 0.4) is 0 Å². The summed E-state index contributed by atoms with van der Waals surface area (Å²) in [5, 5.41) is 0. The first-order chi connectivity index (χ1) is 8.82. The van der Waals surface area contributed by atoms with E-state index in [2.05, 4.69) is 23.5 Å². The fraction of sp³-hybridized carbons (Fsp3) is 0.538. The van der Waals surface area contributed by atoms with Crippen LogP contribution in [0.2, 0.25) is 0 Å². The summed E-state index contributed by atoms with van der Waals surface area (Å²) in [7, 11) is -3.33. The van der Waals surface area contributed by atoms with Gasteiger partial charge in [-0.3, -0.25) is 4.72 Å². The highest BCUT2D eigenvalue weighted by Gasteiger charge is 2.13. The fourth-order valence-corrected chi connectivity index (χ4v) is 2.61. The summed E-state index contributed by atoms with van der Waals surface area (Å²) >= 11 is 0. The minimum atomic E-state index is -3.33. The molecule has 0 aromatic heterocycles. The van der Waals surface area contributed by atoms with Crippen molar-refractivity contribution >= 4 is 27.1 Å². The highest BCUT2D eigenvalue weighted by molar-refractivity contribution is 7.92. The van der Waals surface area contributed by atoms with Crippen LogP contribution in [0.1, 0.15) is 26.3 Å². The number of rotatable bonds is 6. The lowest BCUT2D eigenvalue weighted by molar-refractivity contribution is 0.607. The standard InChI is InChI=1S/C13H23N3O2S/c1-5-10-8-11(16(6-2)7-3)9-12(13(10)14)15-19(4,17)18/h8-9,15H,5-7,14H2,1-4H3. The van der Waals surface area contributed by atoms with E-state index in [1.807, 2.05) is 13.0 Å². The second-order valence-corrected chi connectivity index (χ2v) is 6.21. The Bertz CT molecular complexity index is 537. The Morgan fingerprint density at radius 1 is 1.21 bits per heavy atom. The largest absolute Gasteiger partial charge is 0.397 e. The molecule has 0 unspecified atom stereocenters. The predicted molar refractivity (Wildman–Crippen MR) is 82.3 cm³/mol. The molecule has 0 amide bonds. The van der Waals surface area contributed by atoms with Gasteiger partial charge in [0.15, 0.2) is 0 Å². The van der Waals surface area contributed by atoms with Gasteiger partial charge < -0.3 is 10.6 Å². The number of sulfonamides is 1. The molecule has 0 spiro atoms. The average Bonchev–Trinajstić information content (AvgIpc) is 2.32. The molecule has 6 heteroatoms. The van der Waals surface area contributed by atoms with E-state index in [9.17, 15) is 8.42 Å². The zero-order valence-corrected chi connectivity index (χ0v) is 12.8. The van der Waals surface area contributed by atoms with E-state index in [1.165, 1.54) is 0 Å². The molecule has 0 radical (unpaired) electrons. The van der Waals surface area contributed by atoms with Gasteiger partial charge in [-0.15, -0.1) is 0 Å². The Balaban J connectivity index is 3.33. The van der Waals surface area contributed by atoms with E-state index in [0.29, 0.717) is 11.4 Å². The summed E-state index contributed by atoms with van der Waals surface area (Å²) in [4.78, 5) is 2.16. The van der Waals surface area contributed by atoms with Gasteiger partial charge in [0.1, 0.15) is 0 Å². The van der Waals surface area contributed by atoms with Crippen molar-refractivity contribution < 1.29 is 8.42 Å². The molecule has 0 fully saturated rings. The van der Waals surface area contributed by atoms with Gasteiger partial charge in [-0.2, -0.15) is 0 Å². The van der Waals surface area contributed by atoms with Gasteiger partial charge in [-0.25, -0.2) is 8.42 Å². The maximum absolute atomic E-state index is 11.4. The van der Waals surface area contributed by atoms with Gasteiger partial charge in [-0.05, 0) is 38.0 Å². The van der Waals surface area contributed by atoms with E-state index < -0.39 is 10.0 Å². The van der Waals surface area contributed by atoms with Gasteiger partial charge in [-0.1, -0.05) is 6.92 Å². The lowest BCUT2D eigenvalue weighted by Gasteiger charge is -2.24. The lowest BCUT2D eigenvalue weighted by atomic mass is 10.1. The first-order valence-corrected chi connectivity index (χ1v) is 8.36. The molecule has 1 aromatic rings. The number of nitrogen functional groups attached to an aromatic ring is 1. The highest BCUT2D eigenvalue weighted by atomic mass is 32.2. The first kappa shape index (κ1) is 15.6. The molecule has 108 valence electrons.